The summed E-state index contributed by atoms with van der Waals surface area (Å²) in [5.74, 6) is 0.873. The van der Waals surface area contributed by atoms with Crippen LogP contribution >= 0.6 is 0 Å². The van der Waals surface area contributed by atoms with E-state index in [1.807, 2.05) is 22.7 Å². The van der Waals surface area contributed by atoms with Crippen LogP contribution in [0.2, 0.25) is 0 Å². The maximum absolute atomic E-state index is 12.4. The van der Waals surface area contributed by atoms with Crippen LogP contribution < -0.4 is 0 Å². The van der Waals surface area contributed by atoms with Crippen LogP contribution in [0.5, 0.6) is 0 Å². The van der Waals surface area contributed by atoms with Crippen LogP contribution in [0.3, 0.4) is 0 Å². The highest BCUT2D eigenvalue weighted by molar-refractivity contribution is 5.93. The molecule has 2 heterocycles. The van der Waals surface area contributed by atoms with Crippen molar-refractivity contribution >= 4 is 5.91 Å². The van der Waals surface area contributed by atoms with Gasteiger partial charge >= 0.3 is 0 Å². The van der Waals surface area contributed by atoms with Crippen molar-refractivity contribution in [3.8, 4) is 0 Å². The first kappa shape index (κ1) is 13.4. The van der Waals surface area contributed by atoms with E-state index < -0.39 is 0 Å². The van der Waals surface area contributed by atoms with Crippen molar-refractivity contribution in [3.05, 3.63) is 42.4 Å². The van der Waals surface area contributed by atoms with Gasteiger partial charge in [0, 0.05) is 26.0 Å². The summed E-state index contributed by atoms with van der Waals surface area (Å²) in [4.78, 5) is 18.5. The van der Waals surface area contributed by atoms with E-state index in [4.69, 9.17) is 4.42 Å². The molecule has 0 unspecified atom stereocenters. The van der Waals surface area contributed by atoms with Crippen LogP contribution in [0.4, 0.5) is 0 Å². The quantitative estimate of drug-likeness (QED) is 0.802. The van der Waals surface area contributed by atoms with Crippen molar-refractivity contribution in [1.29, 1.82) is 0 Å². The number of nitrogens with zero attached hydrogens (tertiary/aromatic N) is 3. The number of unbranched alkanes of at least 4 members (excludes halogenated alkanes) is 1. The van der Waals surface area contributed by atoms with Crippen LogP contribution in [0, 0.1) is 0 Å². The molecule has 2 rings (SSSR count). The number of rotatable bonds is 6. The lowest BCUT2D eigenvalue weighted by atomic mass is 10.2. The van der Waals surface area contributed by atoms with Gasteiger partial charge in [-0.15, -0.1) is 0 Å². The summed E-state index contributed by atoms with van der Waals surface area (Å²) < 4.78 is 6.91. The number of carbonyl (C=O) groups is 1. The van der Waals surface area contributed by atoms with Gasteiger partial charge in [0.1, 0.15) is 12.1 Å². The van der Waals surface area contributed by atoms with Crippen LogP contribution in [-0.2, 0) is 13.6 Å². The number of imidazole rings is 1. The zero-order valence-corrected chi connectivity index (χ0v) is 11.4. The fraction of sp³-hybridized carbons (Fsp3) is 0.429. The Morgan fingerprint density at radius 2 is 2.37 bits per heavy atom. The van der Waals surface area contributed by atoms with E-state index in [-0.39, 0.29) is 5.91 Å². The van der Waals surface area contributed by atoms with Crippen molar-refractivity contribution in [1.82, 2.24) is 14.5 Å². The van der Waals surface area contributed by atoms with Gasteiger partial charge in [0.05, 0.1) is 18.4 Å². The predicted molar refractivity (Wildman–Crippen MR) is 71.6 cm³/mol. The standard InChI is InChI=1S/C14H19N3O2/c1-3-4-7-17(10-13-15-6-8-16(13)2)14(18)12-5-9-19-11-12/h5-6,8-9,11H,3-4,7,10H2,1-2H3. The lowest BCUT2D eigenvalue weighted by Gasteiger charge is -2.21. The van der Waals surface area contributed by atoms with Gasteiger partial charge in [-0.3, -0.25) is 4.79 Å². The molecule has 19 heavy (non-hydrogen) atoms. The molecular formula is C14H19N3O2. The van der Waals surface area contributed by atoms with E-state index in [1.165, 1.54) is 12.5 Å². The highest BCUT2D eigenvalue weighted by Crippen LogP contribution is 2.10. The highest BCUT2D eigenvalue weighted by atomic mass is 16.3. The molecule has 0 aliphatic heterocycles. The van der Waals surface area contributed by atoms with E-state index in [0.717, 1.165) is 25.2 Å². The number of amides is 1. The van der Waals surface area contributed by atoms with E-state index in [2.05, 4.69) is 11.9 Å². The van der Waals surface area contributed by atoms with Gasteiger partial charge in [0.2, 0.25) is 0 Å². The molecule has 0 aliphatic carbocycles. The molecule has 0 radical (unpaired) electrons. The van der Waals surface area contributed by atoms with E-state index in [1.54, 1.807) is 12.3 Å². The summed E-state index contributed by atoms with van der Waals surface area (Å²) >= 11 is 0. The molecule has 0 saturated carbocycles. The second kappa shape index (κ2) is 6.22. The smallest absolute Gasteiger partial charge is 0.257 e. The number of carbonyl (C=O) groups excluding carboxylic acids is 1. The van der Waals surface area contributed by atoms with Crippen LogP contribution in [0.15, 0.2) is 35.4 Å². The van der Waals surface area contributed by atoms with E-state index in [9.17, 15) is 4.79 Å². The summed E-state index contributed by atoms with van der Waals surface area (Å²) in [6.45, 7) is 3.36. The number of aromatic nitrogens is 2. The molecule has 1 amide bonds. The van der Waals surface area contributed by atoms with E-state index in [0.29, 0.717) is 12.1 Å². The average Bonchev–Trinajstić information content (AvgIpc) is 3.05. The van der Waals surface area contributed by atoms with Gasteiger partial charge in [-0.05, 0) is 12.5 Å². The Morgan fingerprint density at radius 3 is 2.95 bits per heavy atom. The van der Waals surface area contributed by atoms with Crippen molar-refractivity contribution in [3.63, 3.8) is 0 Å². The first-order valence-electron chi connectivity index (χ1n) is 6.50. The Labute approximate surface area is 112 Å². The molecule has 0 aliphatic rings. The number of hydrogen-bond donors (Lipinski definition) is 0. The topological polar surface area (TPSA) is 51.3 Å². The third-order valence-corrected chi connectivity index (χ3v) is 3.09. The maximum atomic E-state index is 12.4. The largest absolute Gasteiger partial charge is 0.472 e. The molecule has 2 aromatic heterocycles. The van der Waals surface area contributed by atoms with Gasteiger partial charge in [0.25, 0.3) is 5.91 Å². The Bertz CT molecular complexity index is 517. The lowest BCUT2D eigenvalue weighted by Crippen LogP contribution is -2.32. The molecule has 5 nitrogen and oxygen atoms in total. The summed E-state index contributed by atoms with van der Waals surface area (Å²) in [5.41, 5.74) is 0.588. The first-order valence-corrected chi connectivity index (χ1v) is 6.50. The van der Waals surface area contributed by atoms with Gasteiger partial charge in [0.15, 0.2) is 0 Å². The lowest BCUT2D eigenvalue weighted by molar-refractivity contribution is 0.0734. The third kappa shape index (κ3) is 3.24. The first-order chi connectivity index (χ1) is 9.22. The second-order valence-corrected chi connectivity index (χ2v) is 4.55. The van der Waals surface area contributed by atoms with E-state index >= 15 is 0 Å². The normalized spacial score (nSPS) is 10.6. The molecule has 0 fully saturated rings. The molecule has 102 valence electrons. The molecule has 0 saturated heterocycles. The Morgan fingerprint density at radius 1 is 1.53 bits per heavy atom. The number of hydrogen-bond acceptors (Lipinski definition) is 3. The summed E-state index contributed by atoms with van der Waals surface area (Å²) in [7, 11) is 1.93. The van der Waals surface area contributed by atoms with Crippen LogP contribution in [-0.4, -0.2) is 26.9 Å². The third-order valence-electron chi connectivity index (χ3n) is 3.09. The second-order valence-electron chi connectivity index (χ2n) is 4.55. The molecule has 0 aromatic carbocycles. The van der Waals surface area contributed by atoms with Gasteiger partial charge in [-0.2, -0.15) is 0 Å². The van der Waals surface area contributed by atoms with Crippen molar-refractivity contribution in [2.75, 3.05) is 6.54 Å². The minimum atomic E-state index is -0.00907. The molecule has 0 spiro atoms. The molecule has 0 bridgehead atoms. The zero-order valence-electron chi connectivity index (χ0n) is 11.4. The highest BCUT2D eigenvalue weighted by Gasteiger charge is 2.18. The van der Waals surface area contributed by atoms with Crippen molar-refractivity contribution in [2.45, 2.75) is 26.3 Å². The Kier molecular flexibility index (Phi) is 4.39. The Hall–Kier alpha value is -2.04. The molecule has 0 N–H and O–H groups in total. The minimum Gasteiger partial charge on any atom is -0.472 e. The van der Waals surface area contributed by atoms with Crippen molar-refractivity contribution < 1.29 is 9.21 Å². The summed E-state index contributed by atoms with van der Waals surface area (Å²) in [6, 6.07) is 1.69. The van der Waals surface area contributed by atoms with Gasteiger partial charge < -0.3 is 13.9 Å². The maximum Gasteiger partial charge on any atom is 0.257 e. The van der Waals surface area contributed by atoms with Gasteiger partial charge in [-0.25, -0.2) is 4.98 Å². The minimum absolute atomic E-state index is 0.00907. The van der Waals surface area contributed by atoms with Crippen LogP contribution in [0.25, 0.3) is 0 Å². The molecular weight excluding hydrogens is 242 g/mol. The zero-order chi connectivity index (χ0) is 13.7. The van der Waals surface area contributed by atoms with Crippen molar-refractivity contribution in [2.24, 2.45) is 7.05 Å². The van der Waals surface area contributed by atoms with Gasteiger partial charge in [-0.1, -0.05) is 13.3 Å². The number of furan rings is 1. The molecule has 0 atom stereocenters. The predicted octanol–water partition coefficient (Wildman–Crippen LogP) is 2.46. The Balaban J connectivity index is 2.11. The summed E-state index contributed by atoms with van der Waals surface area (Å²) in [5, 5.41) is 0. The SMILES string of the molecule is CCCCN(Cc1nccn1C)C(=O)c1ccoc1. The molecule has 5 heteroatoms. The number of aryl methyl sites for hydroxylation is 1. The van der Waals surface area contributed by atoms with Crippen LogP contribution in [0.1, 0.15) is 35.9 Å². The fourth-order valence-corrected chi connectivity index (χ4v) is 1.89. The molecule has 2 aromatic rings. The average molecular weight is 261 g/mol. The fourth-order valence-electron chi connectivity index (χ4n) is 1.89. The monoisotopic (exact) mass is 261 g/mol. The summed E-state index contributed by atoms with van der Waals surface area (Å²) in [6.07, 6.45) is 8.67.